The molecule has 1 aliphatic carbocycles. The summed E-state index contributed by atoms with van der Waals surface area (Å²) in [6.45, 7) is 3.27. The molecule has 0 bridgehead atoms. The number of piperidine rings is 1. The summed E-state index contributed by atoms with van der Waals surface area (Å²) < 4.78 is 6.53. The third-order valence-corrected chi connectivity index (χ3v) is 6.26. The molecule has 1 aliphatic heterocycles. The molecule has 3 amide bonds. The Morgan fingerprint density at radius 3 is 2.61 bits per heavy atom. The van der Waals surface area contributed by atoms with Crippen LogP contribution in [-0.2, 0) is 9.53 Å². The number of ether oxygens (including phenoxy) is 1. The molecule has 2 fully saturated rings. The third kappa shape index (κ3) is 6.44. The standard InChI is InChI=1S/C21H27N7O4S/c1-2-32-21(31)27-8-5-15(6-9-27)24-18(29)12-33-19-11-17(22-13-23-19)28-10-7-16(26-28)20(30)25-14-3-4-14/h7,10-11,13-15H,2-6,8-9,12H2,1H3,(H,24,29)(H,25,30). The van der Waals surface area contributed by atoms with Gasteiger partial charge in [-0.2, -0.15) is 5.10 Å². The first-order valence-electron chi connectivity index (χ1n) is 11.0. The molecule has 2 aromatic heterocycles. The molecule has 1 saturated heterocycles. The average Bonchev–Trinajstić information content (AvgIpc) is 3.49. The fourth-order valence-electron chi connectivity index (χ4n) is 3.42. The molecule has 2 N–H and O–H groups in total. The highest BCUT2D eigenvalue weighted by molar-refractivity contribution is 7.99. The average molecular weight is 474 g/mol. The van der Waals surface area contributed by atoms with Crippen LogP contribution in [-0.4, -0.2) is 80.1 Å². The molecule has 33 heavy (non-hydrogen) atoms. The summed E-state index contributed by atoms with van der Waals surface area (Å²) in [7, 11) is 0. The van der Waals surface area contributed by atoms with Crippen LogP contribution in [0, 0.1) is 0 Å². The fourth-order valence-corrected chi connectivity index (χ4v) is 4.10. The smallest absolute Gasteiger partial charge is 0.409 e. The van der Waals surface area contributed by atoms with E-state index in [1.165, 1.54) is 22.8 Å². The summed E-state index contributed by atoms with van der Waals surface area (Å²) in [6, 6.07) is 3.67. The monoisotopic (exact) mass is 473 g/mol. The van der Waals surface area contributed by atoms with Gasteiger partial charge in [-0.05, 0) is 38.7 Å². The van der Waals surface area contributed by atoms with Crippen LogP contribution in [0.4, 0.5) is 4.79 Å². The number of carbonyl (C=O) groups is 3. The summed E-state index contributed by atoms with van der Waals surface area (Å²) >= 11 is 1.30. The van der Waals surface area contributed by atoms with Crippen LogP contribution in [0.2, 0.25) is 0 Å². The lowest BCUT2D eigenvalue weighted by Crippen LogP contribution is -2.47. The minimum absolute atomic E-state index is 0.0361. The third-order valence-electron chi connectivity index (χ3n) is 5.33. The minimum Gasteiger partial charge on any atom is -0.450 e. The molecule has 176 valence electrons. The normalized spacial score (nSPS) is 16.3. The van der Waals surface area contributed by atoms with Crippen LogP contribution in [0.1, 0.15) is 43.1 Å². The molecule has 2 aliphatic rings. The van der Waals surface area contributed by atoms with Gasteiger partial charge in [0, 0.05) is 37.4 Å². The van der Waals surface area contributed by atoms with Gasteiger partial charge in [0.2, 0.25) is 5.91 Å². The summed E-state index contributed by atoms with van der Waals surface area (Å²) in [4.78, 5) is 46.4. The molecule has 3 heterocycles. The van der Waals surface area contributed by atoms with E-state index < -0.39 is 0 Å². The maximum atomic E-state index is 12.4. The molecule has 0 radical (unpaired) electrons. The van der Waals surface area contributed by atoms with Gasteiger partial charge in [0.15, 0.2) is 11.5 Å². The van der Waals surface area contributed by atoms with Gasteiger partial charge in [0.1, 0.15) is 11.4 Å². The van der Waals surface area contributed by atoms with Crippen molar-refractivity contribution in [1.29, 1.82) is 0 Å². The van der Waals surface area contributed by atoms with Crippen LogP contribution in [0.15, 0.2) is 29.7 Å². The first-order valence-corrected chi connectivity index (χ1v) is 12.0. The van der Waals surface area contributed by atoms with Crippen LogP contribution >= 0.6 is 11.8 Å². The molecular weight excluding hydrogens is 446 g/mol. The molecule has 11 nitrogen and oxygen atoms in total. The Kier molecular flexibility index (Phi) is 7.43. The minimum atomic E-state index is -0.301. The van der Waals surface area contributed by atoms with Crippen molar-refractivity contribution in [3.63, 3.8) is 0 Å². The SMILES string of the molecule is CCOC(=O)N1CCC(NC(=O)CSc2cc(-n3ccc(C(=O)NC4CC4)n3)ncn2)CC1. The second kappa shape index (κ2) is 10.6. The number of hydrogen-bond donors (Lipinski definition) is 2. The Morgan fingerprint density at radius 2 is 1.88 bits per heavy atom. The first-order chi connectivity index (χ1) is 16.0. The van der Waals surface area contributed by atoms with Gasteiger partial charge in [-0.3, -0.25) is 9.59 Å². The highest BCUT2D eigenvalue weighted by Gasteiger charge is 2.25. The molecule has 0 atom stereocenters. The van der Waals surface area contributed by atoms with Crippen molar-refractivity contribution in [2.24, 2.45) is 0 Å². The number of thioether (sulfide) groups is 1. The second-order valence-electron chi connectivity index (χ2n) is 7.92. The first kappa shape index (κ1) is 23.0. The van der Waals surface area contributed by atoms with Crippen molar-refractivity contribution in [1.82, 2.24) is 35.3 Å². The highest BCUT2D eigenvalue weighted by atomic mass is 32.2. The van der Waals surface area contributed by atoms with Crippen LogP contribution in [0.3, 0.4) is 0 Å². The molecule has 0 spiro atoms. The second-order valence-corrected chi connectivity index (χ2v) is 8.92. The van der Waals surface area contributed by atoms with E-state index in [0.717, 1.165) is 12.8 Å². The zero-order valence-electron chi connectivity index (χ0n) is 18.4. The Bertz CT molecular complexity index is 1000. The Labute approximate surface area is 195 Å². The van der Waals surface area contributed by atoms with Crippen molar-refractivity contribution in [2.45, 2.75) is 49.7 Å². The molecular formula is C21H27N7O4S. The van der Waals surface area contributed by atoms with E-state index in [2.05, 4.69) is 25.7 Å². The van der Waals surface area contributed by atoms with Gasteiger partial charge in [-0.15, -0.1) is 0 Å². The van der Waals surface area contributed by atoms with E-state index >= 15 is 0 Å². The van der Waals surface area contributed by atoms with Crippen molar-refractivity contribution >= 4 is 29.7 Å². The largest absolute Gasteiger partial charge is 0.450 e. The number of likely N-dealkylation sites (tertiary alicyclic amines) is 1. The maximum absolute atomic E-state index is 12.4. The maximum Gasteiger partial charge on any atom is 0.409 e. The topological polar surface area (TPSA) is 131 Å². The van der Waals surface area contributed by atoms with Crippen molar-refractivity contribution in [3.8, 4) is 5.82 Å². The number of nitrogens with zero attached hydrogens (tertiary/aromatic N) is 5. The van der Waals surface area contributed by atoms with Crippen molar-refractivity contribution in [2.75, 3.05) is 25.4 Å². The van der Waals surface area contributed by atoms with Crippen LogP contribution in [0.5, 0.6) is 0 Å². The van der Waals surface area contributed by atoms with Crippen molar-refractivity contribution in [3.05, 3.63) is 30.4 Å². The molecule has 12 heteroatoms. The molecule has 1 saturated carbocycles. The number of nitrogens with one attached hydrogen (secondary N) is 2. The zero-order valence-corrected chi connectivity index (χ0v) is 19.2. The van der Waals surface area contributed by atoms with E-state index in [1.54, 1.807) is 30.2 Å². The highest BCUT2D eigenvalue weighted by Crippen LogP contribution is 2.20. The molecule has 0 unspecified atom stereocenters. The number of hydrogen-bond acceptors (Lipinski definition) is 8. The van der Waals surface area contributed by atoms with Crippen LogP contribution < -0.4 is 10.6 Å². The van der Waals surface area contributed by atoms with Gasteiger partial charge >= 0.3 is 6.09 Å². The predicted molar refractivity (Wildman–Crippen MR) is 120 cm³/mol. The number of amides is 3. The number of carbonyl (C=O) groups excluding carboxylic acids is 3. The van der Waals surface area contributed by atoms with E-state index in [9.17, 15) is 14.4 Å². The summed E-state index contributed by atoms with van der Waals surface area (Å²) in [5, 5.41) is 10.8. The Hall–Kier alpha value is -3.15. The molecule has 0 aromatic carbocycles. The van der Waals surface area contributed by atoms with Gasteiger partial charge < -0.3 is 20.3 Å². The van der Waals surface area contributed by atoms with Crippen molar-refractivity contribution < 1.29 is 19.1 Å². The predicted octanol–water partition coefficient (Wildman–Crippen LogP) is 1.38. The van der Waals surface area contributed by atoms with E-state index in [0.29, 0.717) is 49.1 Å². The fraction of sp³-hybridized carbons (Fsp3) is 0.524. The van der Waals surface area contributed by atoms with Gasteiger partial charge in [0.05, 0.1) is 12.4 Å². The number of rotatable bonds is 8. The van der Waals surface area contributed by atoms with E-state index in [-0.39, 0.29) is 35.7 Å². The van der Waals surface area contributed by atoms with Gasteiger partial charge in [-0.25, -0.2) is 19.4 Å². The van der Waals surface area contributed by atoms with Gasteiger partial charge in [0.25, 0.3) is 5.91 Å². The molecule has 4 rings (SSSR count). The summed E-state index contributed by atoms with van der Waals surface area (Å²) in [5.74, 6) is 0.449. The lowest BCUT2D eigenvalue weighted by molar-refractivity contribution is -0.119. The van der Waals surface area contributed by atoms with E-state index in [1.807, 2.05) is 0 Å². The van der Waals surface area contributed by atoms with Gasteiger partial charge in [-0.1, -0.05) is 11.8 Å². The lowest BCUT2D eigenvalue weighted by Gasteiger charge is -2.31. The summed E-state index contributed by atoms with van der Waals surface area (Å²) in [5.41, 5.74) is 0.336. The summed E-state index contributed by atoms with van der Waals surface area (Å²) in [6.07, 6.45) is 6.20. The number of aromatic nitrogens is 4. The Morgan fingerprint density at radius 1 is 1.12 bits per heavy atom. The van der Waals surface area contributed by atoms with E-state index in [4.69, 9.17) is 4.74 Å². The lowest BCUT2D eigenvalue weighted by atomic mass is 10.1. The quantitative estimate of drug-likeness (QED) is 0.434. The molecule has 2 aromatic rings. The van der Waals surface area contributed by atoms with Crippen LogP contribution in [0.25, 0.3) is 5.82 Å². The Balaban J connectivity index is 1.24. The zero-order chi connectivity index (χ0) is 23.2.